The van der Waals surface area contributed by atoms with E-state index in [9.17, 15) is 9.90 Å². The van der Waals surface area contributed by atoms with Gasteiger partial charge in [-0.3, -0.25) is 4.90 Å². The fourth-order valence-electron chi connectivity index (χ4n) is 3.19. The average Bonchev–Trinajstić information content (AvgIpc) is 2.89. The molecule has 6 heteroatoms. The second-order valence-corrected chi connectivity index (χ2v) is 6.03. The number of aliphatic hydroxyl groups is 1. The first kappa shape index (κ1) is 15.2. The fraction of sp³-hybridized carbons (Fsp3) is 0.625. The third-order valence-corrected chi connectivity index (χ3v) is 4.44. The molecular formula is C16H22N2O4. The highest BCUT2D eigenvalue weighted by atomic mass is 16.6. The van der Waals surface area contributed by atoms with Gasteiger partial charge in [-0.1, -0.05) is 6.07 Å². The third kappa shape index (κ3) is 3.23. The van der Waals surface area contributed by atoms with E-state index in [0.717, 1.165) is 25.7 Å². The van der Waals surface area contributed by atoms with Gasteiger partial charge >= 0.3 is 6.09 Å². The number of methoxy groups -OCH3 is 1. The Morgan fingerprint density at radius 1 is 1.36 bits per heavy atom. The van der Waals surface area contributed by atoms with Gasteiger partial charge in [-0.2, -0.15) is 0 Å². The summed E-state index contributed by atoms with van der Waals surface area (Å²) >= 11 is 0. The molecule has 1 aliphatic carbocycles. The average molecular weight is 306 g/mol. The van der Waals surface area contributed by atoms with Crippen molar-refractivity contribution in [3.8, 4) is 0 Å². The van der Waals surface area contributed by atoms with Crippen LogP contribution in [-0.4, -0.2) is 48.7 Å². The Balaban J connectivity index is 1.65. The highest BCUT2D eigenvalue weighted by Gasteiger charge is 2.33. The molecule has 2 aliphatic rings. The maximum absolute atomic E-state index is 11.9. The first-order chi connectivity index (χ1) is 10.7. The molecule has 1 unspecified atom stereocenters. The lowest BCUT2D eigenvalue weighted by Gasteiger charge is -2.25. The molecule has 2 fully saturated rings. The van der Waals surface area contributed by atoms with Gasteiger partial charge < -0.3 is 14.6 Å². The molecule has 120 valence electrons. The summed E-state index contributed by atoms with van der Waals surface area (Å²) < 4.78 is 10.2. The number of ether oxygens (including phenoxy) is 2. The Morgan fingerprint density at radius 3 is 2.77 bits per heavy atom. The van der Waals surface area contributed by atoms with Crippen molar-refractivity contribution in [1.29, 1.82) is 0 Å². The Hall–Kier alpha value is -1.66. The van der Waals surface area contributed by atoms with E-state index >= 15 is 0 Å². The van der Waals surface area contributed by atoms with Crippen LogP contribution in [0.3, 0.4) is 0 Å². The molecular weight excluding hydrogens is 284 g/mol. The van der Waals surface area contributed by atoms with Gasteiger partial charge in [0.05, 0.1) is 19.3 Å². The van der Waals surface area contributed by atoms with Crippen LogP contribution in [0.25, 0.3) is 0 Å². The minimum absolute atomic E-state index is 0.152. The number of rotatable bonds is 4. The number of nitrogens with zero attached hydrogens (tertiary/aromatic N) is 2. The molecule has 0 aromatic carbocycles. The van der Waals surface area contributed by atoms with Gasteiger partial charge in [-0.15, -0.1) is 0 Å². The first-order valence-corrected chi connectivity index (χ1v) is 7.78. The predicted octanol–water partition coefficient (Wildman–Crippen LogP) is 2.07. The maximum atomic E-state index is 11.9. The van der Waals surface area contributed by atoms with Crippen molar-refractivity contribution in [2.24, 2.45) is 0 Å². The molecule has 1 aromatic rings. The van der Waals surface area contributed by atoms with E-state index in [2.05, 4.69) is 4.98 Å². The molecule has 1 saturated heterocycles. The number of carbonyl (C=O) groups is 1. The fourth-order valence-corrected chi connectivity index (χ4v) is 3.19. The zero-order chi connectivity index (χ0) is 15.5. The van der Waals surface area contributed by atoms with Gasteiger partial charge in [-0.25, -0.2) is 9.78 Å². The minimum Gasteiger partial charge on any atom is -0.441 e. The van der Waals surface area contributed by atoms with Crippen LogP contribution in [0.15, 0.2) is 18.3 Å². The van der Waals surface area contributed by atoms with Crippen molar-refractivity contribution in [1.82, 2.24) is 4.98 Å². The normalized spacial score (nSPS) is 28.7. The van der Waals surface area contributed by atoms with Gasteiger partial charge in [-0.05, 0) is 43.2 Å². The van der Waals surface area contributed by atoms with Crippen LogP contribution in [0, 0.1) is 0 Å². The Labute approximate surface area is 130 Å². The highest BCUT2D eigenvalue weighted by Crippen LogP contribution is 2.33. The second kappa shape index (κ2) is 6.62. The zero-order valence-electron chi connectivity index (χ0n) is 12.8. The molecule has 1 aliphatic heterocycles. The number of amides is 1. The Morgan fingerprint density at radius 2 is 2.14 bits per heavy atom. The summed E-state index contributed by atoms with van der Waals surface area (Å²) in [6.45, 7) is 0.860. The standard InChI is InChI=1S/C16H22N2O4/c1-21-10-14-9-18(16(20)22-14)15-7-4-12(8-17-15)11-2-5-13(19)6-3-11/h4,7-8,11,13-14,19H,2-3,5-6,9-10H2,1H3/t11-,13-,14?. The van der Waals surface area contributed by atoms with Crippen molar-refractivity contribution in [3.05, 3.63) is 23.9 Å². The van der Waals surface area contributed by atoms with E-state index in [1.54, 1.807) is 7.11 Å². The number of carbonyl (C=O) groups excluding carboxylic acids is 1. The van der Waals surface area contributed by atoms with Crippen LogP contribution >= 0.6 is 0 Å². The largest absolute Gasteiger partial charge is 0.441 e. The smallest absolute Gasteiger partial charge is 0.416 e. The van der Waals surface area contributed by atoms with E-state index in [0.29, 0.717) is 24.9 Å². The van der Waals surface area contributed by atoms with E-state index in [-0.39, 0.29) is 18.3 Å². The van der Waals surface area contributed by atoms with E-state index < -0.39 is 0 Å². The monoisotopic (exact) mass is 306 g/mol. The number of hydrogen-bond donors (Lipinski definition) is 1. The van der Waals surface area contributed by atoms with Crippen LogP contribution in [-0.2, 0) is 9.47 Å². The summed E-state index contributed by atoms with van der Waals surface area (Å²) in [4.78, 5) is 17.8. The summed E-state index contributed by atoms with van der Waals surface area (Å²) in [5, 5.41) is 9.58. The molecule has 1 saturated carbocycles. The van der Waals surface area contributed by atoms with Crippen molar-refractivity contribution in [2.45, 2.75) is 43.8 Å². The van der Waals surface area contributed by atoms with Crippen molar-refractivity contribution < 1.29 is 19.4 Å². The molecule has 2 heterocycles. The summed E-state index contributed by atoms with van der Waals surface area (Å²) in [5.74, 6) is 1.07. The van der Waals surface area contributed by atoms with Crippen molar-refractivity contribution >= 4 is 11.9 Å². The molecule has 0 spiro atoms. The van der Waals surface area contributed by atoms with Crippen LogP contribution in [0.1, 0.15) is 37.2 Å². The second-order valence-electron chi connectivity index (χ2n) is 6.03. The quantitative estimate of drug-likeness (QED) is 0.922. The predicted molar refractivity (Wildman–Crippen MR) is 80.9 cm³/mol. The SMILES string of the molecule is COCC1CN(c2ccc([C@H]3CC[C@H](O)CC3)cn2)C(=O)O1. The zero-order valence-corrected chi connectivity index (χ0v) is 12.8. The molecule has 0 radical (unpaired) electrons. The first-order valence-electron chi connectivity index (χ1n) is 7.78. The molecule has 1 amide bonds. The molecule has 22 heavy (non-hydrogen) atoms. The van der Waals surface area contributed by atoms with Crippen LogP contribution < -0.4 is 4.90 Å². The molecule has 1 N–H and O–H groups in total. The summed E-state index contributed by atoms with van der Waals surface area (Å²) in [6, 6.07) is 3.90. The Kier molecular flexibility index (Phi) is 4.59. The van der Waals surface area contributed by atoms with E-state index in [1.807, 2.05) is 18.3 Å². The van der Waals surface area contributed by atoms with E-state index in [4.69, 9.17) is 9.47 Å². The summed E-state index contributed by atoms with van der Waals surface area (Å²) in [5.41, 5.74) is 1.18. The molecule has 1 aromatic heterocycles. The number of cyclic esters (lactones) is 1. The summed E-state index contributed by atoms with van der Waals surface area (Å²) in [7, 11) is 1.59. The van der Waals surface area contributed by atoms with Gasteiger partial charge in [0.2, 0.25) is 0 Å². The van der Waals surface area contributed by atoms with Crippen molar-refractivity contribution in [2.75, 3.05) is 25.2 Å². The number of aliphatic hydroxyl groups excluding tert-OH is 1. The lowest BCUT2D eigenvalue weighted by molar-refractivity contribution is 0.0718. The number of pyridine rings is 1. The number of hydrogen-bond acceptors (Lipinski definition) is 5. The minimum atomic E-state index is -0.372. The van der Waals surface area contributed by atoms with Crippen LogP contribution in [0.5, 0.6) is 0 Å². The van der Waals surface area contributed by atoms with Crippen molar-refractivity contribution in [3.63, 3.8) is 0 Å². The molecule has 6 nitrogen and oxygen atoms in total. The number of aromatic nitrogens is 1. The number of anilines is 1. The van der Waals surface area contributed by atoms with Crippen LogP contribution in [0.2, 0.25) is 0 Å². The van der Waals surface area contributed by atoms with E-state index in [1.165, 1.54) is 10.5 Å². The lowest BCUT2D eigenvalue weighted by Crippen LogP contribution is -2.26. The van der Waals surface area contributed by atoms with Gasteiger partial charge in [0, 0.05) is 13.3 Å². The summed E-state index contributed by atoms with van der Waals surface area (Å²) in [6.07, 6.45) is 4.76. The third-order valence-electron chi connectivity index (χ3n) is 4.44. The van der Waals surface area contributed by atoms with Gasteiger partial charge in [0.15, 0.2) is 0 Å². The highest BCUT2D eigenvalue weighted by molar-refractivity contribution is 5.88. The molecule has 1 atom stereocenters. The maximum Gasteiger partial charge on any atom is 0.416 e. The van der Waals surface area contributed by atoms with Crippen LogP contribution in [0.4, 0.5) is 10.6 Å². The topological polar surface area (TPSA) is 71.9 Å². The van der Waals surface area contributed by atoms with Gasteiger partial charge in [0.1, 0.15) is 11.9 Å². The lowest BCUT2D eigenvalue weighted by atomic mass is 9.83. The molecule has 0 bridgehead atoms. The van der Waals surface area contributed by atoms with Gasteiger partial charge in [0.25, 0.3) is 0 Å². The molecule has 3 rings (SSSR count). The Bertz CT molecular complexity index is 511.